The minimum atomic E-state index is -0.124. The number of methoxy groups -OCH3 is 3. The standard InChI is InChI=1S/C20H20N4O3/c1-25-15-7-4-13(5-8-15)16-11-17(24-20(23-16)21-12-22-24)14-6-9-18(26-2)19(10-14)27-3/h4-12,17H,1-3H3,(H,21,22,23). The maximum Gasteiger partial charge on any atom is 0.226 e. The van der Waals surface area contributed by atoms with Gasteiger partial charge in [-0.1, -0.05) is 6.07 Å². The first kappa shape index (κ1) is 17.0. The summed E-state index contributed by atoms with van der Waals surface area (Å²) >= 11 is 0. The first-order valence-corrected chi connectivity index (χ1v) is 8.48. The van der Waals surface area contributed by atoms with E-state index in [4.69, 9.17) is 14.2 Å². The lowest BCUT2D eigenvalue weighted by molar-refractivity contribution is 0.354. The third kappa shape index (κ3) is 3.08. The summed E-state index contributed by atoms with van der Waals surface area (Å²) in [5.41, 5.74) is 3.01. The van der Waals surface area contributed by atoms with E-state index in [2.05, 4.69) is 21.5 Å². The van der Waals surface area contributed by atoms with Gasteiger partial charge in [-0.15, -0.1) is 0 Å². The van der Waals surface area contributed by atoms with Crippen LogP contribution in [-0.2, 0) is 0 Å². The molecule has 0 bridgehead atoms. The fraction of sp³-hybridized carbons (Fsp3) is 0.200. The quantitative estimate of drug-likeness (QED) is 0.749. The number of anilines is 1. The van der Waals surface area contributed by atoms with Crippen molar-refractivity contribution in [1.29, 1.82) is 0 Å². The predicted octanol–water partition coefficient (Wildman–Crippen LogP) is 3.36. The molecule has 3 aromatic rings. The van der Waals surface area contributed by atoms with Crippen LogP contribution in [0.4, 0.5) is 5.95 Å². The molecule has 1 unspecified atom stereocenters. The van der Waals surface area contributed by atoms with Crippen LogP contribution in [0, 0.1) is 0 Å². The topological polar surface area (TPSA) is 70.4 Å². The highest BCUT2D eigenvalue weighted by Gasteiger charge is 2.24. The molecule has 1 aromatic heterocycles. The van der Waals surface area contributed by atoms with Crippen molar-refractivity contribution in [2.45, 2.75) is 6.04 Å². The van der Waals surface area contributed by atoms with Gasteiger partial charge in [0.05, 0.1) is 21.3 Å². The lowest BCUT2D eigenvalue weighted by atomic mass is 10.0. The predicted molar refractivity (Wildman–Crippen MR) is 102 cm³/mol. The van der Waals surface area contributed by atoms with Crippen molar-refractivity contribution in [3.63, 3.8) is 0 Å². The van der Waals surface area contributed by atoms with Crippen LogP contribution in [-0.4, -0.2) is 36.1 Å². The summed E-state index contributed by atoms with van der Waals surface area (Å²) in [5.74, 6) is 2.86. The van der Waals surface area contributed by atoms with E-state index < -0.39 is 0 Å². The molecule has 2 heterocycles. The summed E-state index contributed by atoms with van der Waals surface area (Å²) in [6.45, 7) is 0. The molecule has 0 fully saturated rings. The largest absolute Gasteiger partial charge is 0.497 e. The van der Waals surface area contributed by atoms with Gasteiger partial charge in [-0.25, -0.2) is 4.68 Å². The Labute approximate surface area is 157 Å². The van der Waals surface area contributed by atoms with Crippen molar-refractivity contribution in [2.75, 3.05) is 26.6 Å². The zero-order chi connectivity index (χ0) is 18.8. The van der Waals surface area contributed by atoms with E-state index >= 15 is 0 Å². The monoisotopic (exact) mass is 364 g/mol. The van der Waals surface area contributed by atoms with Crippen molar-refractivity contribution < 1.29 is 14.2 Å². The number of hydrogen-bond donors (Lipinski definition) is 1. The van der Waals surface area contributed by atoms with E-state index in [1.54, 1.807) is 27.7 Å². The fourth-order valence-corrected chi connectivity index (χ4v) is 3.15. The Bertz CT molecular complexity index is 979. The van der Waals surface area contributed by atoms with Crippen LogP contribution in [0.2, 0.25) is 0 Å². The van der Waals surface area contributed by atoms with Gasteiger partial charge in [0.2, 0.25) is 5.95 Å². The summed E-state index contributed by atoms with van der Waals surface area (Å²) in [7, 11) is 4.91. The molecule has 27 heavy (non-hydrogen) atoms. The molecule has 7 heteroatoms. The summed E-state index contributed by atoms with van der Waals surface area (Å²) in [6.07, 6.45) is 3.66. The Morgan fingerprint density at radius 3 is 2.41 bits per heavy atom. The molecule has 1 atom stereocenters. The van der Waals surface area contributed by atoms with Crippen LogP contribution in [0.3, 0.4) is 0 Å². The molecule has 138 valence electrons. The van der Waals surface area contributed by atoms with Crippen LogP contribution in [0.1, 0.15) is 17.2 Å². The number of allylic oxidation sites excluding steroid dienone is 1. The molecule has 0 amide bonds. The minimum absolute atomic E-state index is 0.124. The van der Waals surface area contributed by atoms with Crippen molar-refractivity contribution in [3.8, 4) is 17.2 Å². The maximum atomic E-state index is 5.45. The number of fused-ring (bicyclic) bond motifs is 1. The van der Waals surface area contributed by atoms with Gasteiger partial charge in [0, 0.05) is 5.70 Å². The van der Waals surface area contributed by atoms with Crippen LogP contribution in [0.5, 0.6) is 17.2 Å². The van der Waals surface area contributed by atoms with E-state index in [1.165, 1.54) is 0 Å². The van der Waals surface area contributed by atoms with Crippen LogP contribution < -0.4 is 19.5 Å². The van der Waals surface area contributed by atoms with Gasteiger partial charge in [-0.05, 0) is 53.6 Å². The molecular formula is C20H20N4O3. The minimum Gasteiger partial charge on any atom is -0.497 e. The Balaban J connectivity index is 1.77. The zero-order valence-electron chi connectivity index (χ0n) is 15.3. The molecule has 0 saturated carbocycles. The lowest BCUT2D eigenvalue weighted by Gasteiger charge is -2.25. The molecule has 7 nitrogen and oxygen atoms in total. The number of benzene rings is 2. The molecule has 4 rings (SSSR count). The highest BCUT2D eigenvalue weighted by Crippen LogP contribution is 2.36. The molecule has 1 aliphatic heterocycles. The third-order valence-electron chi connectivity index (χ3n) is 4.56. The number of aromatic nitrogens is 3. The summed E-state index contributed by atoms with van der Waals surface area (Å²) in [6, 6.07) is 13.6. The Morgan fingerprint density at radius 1 is 0.926 bits per heavy atom. The van der Waals surface area contributed by atoms with Gasteiger partial charge in [0.1, 0.15) is 18.1 Å². The number of hydrogen-bond acceptors (Lipinski definition) is 6. The fourth-order valence-electron chi connectivity index (χ4n) is 3.15. The van der Waals surface area contributed by atoms with Gasteiger partial charge in [0.15, 0.2) is 11.5 Å². The summed E-state index contributed by atoms with van der Waals surface area (Å²) < 4.78 is 17.9. The SMILES string of the molecule is COc1ccc(C2=CC(c3ccc(OC)c(OC)c3)n3ncnc3N2)cc1. The number of rotatable bonds is 5. The van der Waals surface area contributed by atoms with Crippen LogP contribution in [0.15, 0.2) is 54.9 Å². The Hall–Kier alpha value is -3.48. The molecule has 0 radical (unpaired) electrons. The second-order valence-corrected chi connectivity index (χ2v) is 6.02. The molecule has 1 N–H and O–H groups in total. The second kappa shape index (κ2) is 7.03. The molecule has 2 aromatic carbocycles. The van der Waals surface area contributed by atoms with Crippen LogP contribution >= 0.6 is 0 Å². The van der Waals surface area contributed by atoms with E-state index in [0.717, 1.165) is 22.6 Å². The van der Waals surface area contributed by atoms with E-state index in [9.17, 15) is 0 Å². The van der Waals surface area contributed by atoms with Gasteiger partial charge in [-0.3, -0.25) is 0 Å². The smallest absolute Gasteiger partial charge is 0.226 e. The van der Waals surface area contributed by atoms with Gasteiger partial charge in [0.25, 0.3) is 0 Å². The van der Waals surface area contributed by atoms with Crippen molar-refractivity contribution in [2.24, 2.45) is 0 Å². The van der Waals surface area contributed by atoms with Crippen LogP contribution in [0.25, 0.3) is 5.70 Å². The number of nitrogens with zero attached hydrogens (tertiary/aromatic N) is 3. The number of nitrogens with one attached hydrogen (secondary N) is 1. The highest BCUT2D eigenvalue weighted by molar-refractivity contribution is 5.77. The van der Waals surface area contributed by atoms with Crippen molar-refractivity contribution in [1.82, 2.24) is 14.8 Å². The highest BCUT2D eigenvalue weighted by atomic mass is 16.5. The molecule has 0 saturated heterocycles. The lowest BCUT2D eigenvalue weighted by Crippen LogP contribution is -2.20. The molecule has 1 aliphatic rings. The normalized spacial score (nSPS) is 15.4. The molecule has 0 aliphatic carbocycles. The average molecular weight is 364 g/mol. The average Bonchev–Trinajstić information content (AvgIpc) is 3.21. The van der Waals surface area contributed by atoms with E-state index in [0.29, 0.717) is 17.4 Å². The first-order valence-electron chi connectivity index (χ1n) is 8.48. The molecule has 0 spiro atoms. The second-order valence-electron chi connectivity index (χ2n) is 6.02. The molecular weight excluding hydrogens is 344 g/mol. The van der Waals surface area contributed by atoms with Gasteiger partial charge in [-0.2, -0.15) is 10.1 Å². The third-order valence-corrected chi connectivity index (χ3v) is 4.56. The van der Waals surface area contributed by atoms with E-state index in [1.807, 2.05) is 47.1 Å². The number of ether oxygens (including phenoxy) is 3. The summed E-state index contributed by atoms with van der Waals surface area (Å²) in [4.78, 5) is 4.34. The summed E-state index contributed by atoms with van der Waals surface area (Å²) in [5, 5.41) is 7.71. The van der Waals surface area contributed by atoms with Gasteiger partial charge >= 0.3 is 0 Å². The Kier molecular flexibility index (Phi) is 4.42. The van der Waals surface area contributed by atoms with Gasteiger partial charge < -0.3 is 19.5 Å². The van der Waals surface area contributed by atoms with E-state index in [-0.39, 0.29) is 6.04 Å². The zero-order valence-corrected chi connectivity index (χ0v) is 15.3. The first-order chi connectivity index (χ1) is 13.2. The van der Waals surface area contributed by atoms with Crippen molar-refractivity contribution in [3.05, 3.63) is 66.0 Å². The maximum absolute atomic E-state index is 5.45. The van der Waals surface area contributed by atoms with Crippen molar-refractivity contribution >= 4 is 11.6 Å². The Morgan fingerprint density at radius 2 is 1.70 bits per heavy atom.